The lowest BCUT2D eigenvalue weighted by Crippen LogP contribution is -2.40. The second kappa shape index (κ2) is 16.7. The maximum atomic E-state index is 13.9. The highest BCUT2D eigenvalue weighted by Gasteiger charge is 2.37. The molecule has 4 atom stereocenters. The molecular weight excluding hydrogens is 701 g/mol. The Labute approximate surface area is 328 Å². The van der Waals surface area contributed by atoms with Gasteiger partial charge >= 0.3 is 0 Å². The molecule has 0 aliphatic carbocycles. The highest BCUT2D eigenvalue weighted by molar-refractivity contribution is 5.84. The summed E-state index contributed by atoms with van der Waals surface area (Å²) in [6.07, 6.45) is 11.2. The number of benzene rings is 3. The third kappa shape index (κ3) is 7.92. The summed E-state index contributed by atoms with van der Waals surface area (Å²) in [4.78, 5) is 52.5. The molecule has 2 aliphatic rings. The molecule has 1 amide bonds. The van der Waals surface area contributed by atoms with Crippen LogP contribution in [0.4, 0.5) is 0 Å². The van der Waals surface area contributed by atoms with E-state index < -0.39 is 0 Å². The smallest absolute Gasteiger partial charge is 0.245 e. The number of amides is 1. The predicted octanol–water partition coefficient (Wildman–Crippen LogP) is 7.26. The maximum Gasteiger partial charge on any atom is 0.245 e. The molecular formula is C44H50N10O2. The van der Waals surface area contributed by atoms with Gasteiger partial charge in [-0.15, -0.1) is 0 Å². The molecule has 56 heavy (non-hydrogen) atoms. The molecule has 0 spiro atoms. The lowest BCUT2D eigenvalue weighted by Gasteiger charge is -2.31. The number of aromatic amines is 2. The van der Waals surface area contributed by atoms with Gasteiger partial charge in [-0.25, -0.2) is 19.9 Å². The molecule has 12 nitrogen and oxygen atoms in total. The zero-order valence-corrected chi connectivity index (χ0v) is 32.5. The number of likely N-dealkylation sites (tertiary alicyclic amines) is 1. The van der Waals surface area contributed by atoms with Crippen molar-refractivity contribution in [3.8, 4) is 33.9 Å². The van der Waals surface area contributed by atoms with Crippen LogP contribution in [0.2, 0.25) is 0 Å². The van der Waals surface area contributed by atoms with E-state index in [4.69, 9.17) is 24.8 Å². The SMILES string of the molecule is CN(C)[C@@H](CON1CCC[C@H]1c1ncc(-c2cnc(-c3ccc(-c4cnc([C@@H]5CCCN5C(=O)[C@@H](c5ccccc5)N(C)C)[nH]4)cc3)nc2)[nH]1)c1ccccc1. The minimum absolute atomic E-state index is 0.0571. The van der Waals surface area contributed by atoms with Gasteiger partial charge in [-0.3, -0.25) is 14.5 Å². The minimum Gasteiger partial charge on any atom is -0.341 e. The van der Waals surface area contributed by atoms with Crippen molar-refractivity contribution in [1.82, 2.24) is 49.7 Å². The Morgan fingerprint density at radius 2 is 1.25 bits per heavy atom. The van der Waals surface area contributed by atoms with Gasteiger partial charge in [0.05, 0.1) is 48.5 Å². The topological polar surface area (TPSA) is 122 Å². The Hall–Kier alpha value is -5.53. The van der Waals surface area contributed by atoms with Gasteiger partial charge in [0, 0.05) is 36.6 Å². The van der Waals surface area contributed by atoms with Crippen molar-refractivity contribution in [2.24, 2.45) is 0 Å². The standard InChI is InChI=1S/C44H50N10O2/c1-51(2)39(31-13-7-5-8-14-31)29-56-54-24-12-18-38(54)43-48-28-36(50-43)34-25-45-41(46-26-34)33-21-19-30(20-22-33)35-27-47-42(49-35)37-17-11-23-53(37)44(55)40(52(3)4)32-15-9-6-10-16-32/h5-10,13-16,19-22,25-28,37-40H,11-12,17-18,23-24,29H2,1-4H3,(H,47,49)(H,48,50)/t37-,38-,39-,40+/m0/s1. The first-order chi connectivity index (χ1) is 27.3. The average Bonchev–Trinajstić information content (AvgIpc) is 4.06. The number of hydroxylamine groups is 2. The molecule has 2 saturated heterocycles. The summed E-state index contributed by atoms with van der Waals surface area (Å²) in [5.74, 6) is 2.44. The number of rotatable bonds is 13. The molecule has 0 radical (unpaired) electrons. The zero-order chi connectivity index (χ0) is 38.6. The van der Waals surface area contributed by atoms with E-state index in [1.54, 1.807) is 0 Å². The fraction of sp³-hybridized carbons (Fsp3) is 0.341. The Kier molecular flexibility index (Phi) is 11.1. The molecule has 6 aromatic rings. The molecule has 2 fully saturated rings. The summed E-state index contributed by atoms with van der Waals surface area (Å²) in [6.45, 7) is 2.14. The van der Waals surface area contributed by atoms with Gasteiger partial charge < -0.3 is 19.8 Å². The van der Waals surface area contributed by atoms with E-state index in [2.05, 4.69) is 70.4 Å². The summed E-state index contributed by atoms with van der Waals surface area (Å²) in [5.41, 5.74) is 6.80. The molecule has 2 aliphatic heterocycles. The van der Waals surface area contributed by atoms with Gasteiger partial charge in [0.1, 0.15) is 17.7 Å². The van der Waals surface area contributed by atoms with Crippen molar-refractivity contribution in [2.45, 2.75) is 49.9 Å². The fourth-order valence-electron chi connectivity index (χ4n) is 8.04. The molecule has 5 heterocycles. The third-order valence-corrected chi connectivity index (χ3v) is 11.1. The summed E-state index contributed by atoms with van der Waals surface area (Å²) in [5, 5.41) is 2.08. The highest BCUT2D eigenvalue weighted by atomic mass is 16.7. The van der Waals surface area contributed by atoms with Crippen LogP contribution >= 0.6 is 0 Å². The van der Waals surface area contributed by atoms with E-state index in [0.29, 0.717) is 19.0 Å². The van der Waals surface area contributed by atoms with Crippen LogP contribution in [0, 0.1) is 0 Å². The molecule has 0 bridgehead atoms. The number of likely N-dealkylation sites (N-methyl/N-ethyl adjacent to an activating group) is 2. The van der Waals surface area contributed by atoms with Crippen LogP contribution in [-0.2, 0) is 9.63 Å². The Balaban J connectivity index is 0.903. The molecule has 2 N–H and O–H groups in total. The highest BCUT2D eigenvalue weighted by Crippen LogP contribution is 2.36. The monoisotopic (exact) mass is 750 g/mol. The average molecular weight is 751 g/mol. The van der Waals surface area contributed by atoms with Crippen LogP contribution in [0.25, 0.3) is 33.9 Å². The Morgan fingerprint density at radius 3 is 1.89 bits per heavy atom. The lowest BCUT2D eigenvalue weighted by molar-refractivity contribution is -0.183. The van der Waals surface area contributed by atoms with Gasteiger partial charge in [-0.1, -0.05) is 84.9 Å². The van der Waals surface area contributed by atoms with Crippen LogP contribution in [-0.4, -0.2) is 103 Å². The quantitative estimate of drug-likeness (QED) is 0.126. The van der Waals surface area contributed by atoms with Crippen LogP contribution < -0.4 is 0 Å². The first kappa shape index (κ1) is 37.4. The number of H-pyrrole nitrogens is 2. The van der Waals surface area contributed by atoms with E-state index in [-0.39, 0.29) is 30.1 Å². The maximum absolute atomic E-state index is 13.9. The van der Waals surface area contributed by atoms with Crippen LogP contribution in [0.15, 0.2) is 110 Å². The molecule has 12 heteroatoms. The van der Waals surface area contributed by atoms with E-state index in [1.807, 2.05) is 97.2 Å². The van der Waals surface area contributed by atoms with Crippen molar-refractivity contribution in [3.63, 3.8) is 0 Å². The van der Waals surface area contributed by atoms with E-state index in [0.717, 1.165) is 77.5 Å². The van der Waals surface area contributed by atoms with E-state index in [1.165, 1.54) is 5.56 Å². The summed E-state index contributed by atoms with van der Waals surface area (Å²) in [6, 6.07) is 28.4. The molecule has 0 saturated carbocycles. The third-order valence-electron chi connectivity index (χ3n) is 11.1. The van der Waals surface area contributed by atoms with E-state index >= 15 is 0 Å². The normalized spacial score (nSPS) is 18.6. The largest absolute Gasteiger partial charge is 0.341 e. The number of aromatic nitrogens is 6. The molecule has 3 aromatic carbocycles. The fourth-order valence-corrected chi connectivity index (χ4v) is 8.04. The molecule has 8 rings (SSSR count). The second-order valence-corrected chi connectivity index (χ2v) is 15.2. The predicted molar refractivity (Wildman–Crippen MR) is 217 cm³/mol. The van der Waals surface area contributed by atoms with Gasteiger partial charge in [0.25, 0.3) is 0 Å². The second-order valence-electron chi connectivity index (χ2n) is 15.2. The van der Waals surface area contributed by atoms with Crippen LogP contribution in [0.1, 0.15) is 72.6 Å². The first-order valence-corrected chi connectivity index (χ1v) is 19.5. The van der Waals surface area contributed by atoms with Gasteiger partial charge in [0.2, 0.25) is 5.91 Å². The summed E-state index contributed by atoms with van der Waals surface area (Å²) >= 11 is 0. The van der Waals surface area contributed by atoms with Gasteiger partial charge in [-0.2, -0.15) is 5.06 Å². The van der Waals surface area contributed by atoms with Crippen molar-refractivity contribution in [2.75, 3.05) is 47.9 Å². The van der Waals surface area contributed by atoms with Crippen molar-refractivity contribution < 1.29 is 9.63 Å². The number of hydrogen-bond acceptors (Lipinski definition) is 9. The molecule has 288 valence electrons. The van der Waals surface area contributed by atoms with Gasteiger partial charge in [0.15, 0.2) is 5.82 Å². The number of hydrogen-bond donors (Lipinski definition) is 2. The molecule has 0 unspecified atom stereocenters. The van der Waals surface area contributed by atoms with Gasteiger partial charge in [-0.05, 0) is 70.6 Å². The first-order valence-electron chi connectivity index (χ1n) is 19.5. The molecule has 3 aromatic heterocycles. The zero-order valence-electron chi connectivity index (χ0n) is 32.5. The van der Waals surface area contributed by atoms with Crippen molar-refractivity contribution in [1.29, 1.82) is 0 Å². The minimum atomic E-state index is -0.345. The number of nitrogens with one attached hydrogen (secondary N) is 2. The number of imidazole rings is 2. The van der Waals surface area contributed by atoms with Crippen molar-refractivity contribution >= 4 is 5.91 Å². The Morgan fingerprint density at radius 1 is 0.679 bits per heavy atom. The summed E-state index contributed by atoms with van der Waals surface area (Å²) in [7, 11) is 8.09. The number of nitrogens with zero attached hydrogens (tertiary/aromatic N) is 8. The van der Waals surface area contributed by atoms with Crippen LogP contribution in [0.5, 0.6) is 0 Å². The lowest BCUT2D eigenvalue weighted by atomic mass is 10.0. The number of carbonyl (C=O) groups is 1. The van der Waals surface area contributed by atoms with Crippen molar-refractivity contribution in [3.05, 3.63) is 132 Å². The Bertz CT molecular complexity index is 2180. The number of carbonyl (C=O) groups excluding carboxylic acids is 1. The van der Waals surface area contributed by atoms with Crippen LogP contribution in [0.3, 0.4) is 0 Å². The van der Waals surface area contributed by atoms with E-state index in [9.17, 15) is 4.79 Å². The summed E-state index contributed by atoms with van der Waals surface area (Å²) < 4.78 is 0.